The van der Waals surface area contributed by atoms with Crippen LogP contribution in [-0.2, 0) is 0 Å². The van der Waals surface area contributed by atoms with Crippen molar-refractivity contribution in [3.63, 3.8) is 0 Å². The summed E-state index contributed by atoms with van der Waals surface area (Å²) in [6, 6.07) is 44.6. The average Bonchev–Trinajstić information content (AvgIpc) is 3.67. The molecule has 3 heteroatoms. The summed E-state index contributed by atoms with van der Waals surface area (Å²) in [5, 5.41) is 2.64. The number of hydrogen-bond donors (Lipinski definition) is 0. The minimum Gasteiger partial charge on any atom is -0.292 e. The van der Waals surface area contributed by atoms with E-state index in [4.69, 9.17) is 4.98 Å². The molecule has 0 fully saturated rings. The van der Waals surface area contributed by atoms with E-state index in [1.807, 2.05) is 11.3 Å². The van der Waals surface area contributed by atoms with Crippen LogP contribution in [0.5, 0.6) is 0 Å². The molecule has 8 rings (SSSR count). The fourth-order valence-electron chi connectivity index (χ4n) is 7.20. The van der Waals surface area contributed by atoms with Crippen LogP contribution in [0, 0.1) is 13.8 Å². The molecule has 0 radical (unpaired) electrons. The smallest absolute Gasteiger partial charge is 0.147 e. The van der Waals surface area contributed by atoms with E-state index in [-0.39, 0.29) is 0 Å². The third-order valence-corrected chi connectivity index (χ3v) is 10.9. The number of aromatic nitrogens is 2. The Balaban J connectivity index is 1.42. The molecule has 2 aromatic heterocycles. The van der Waals surface area contributed by atoms with Crippen molar-refractivity contribution in [2.24, 2.45) is 0 Å². The van der Waals surface area contributed by atoms with Gasteiger partial charge in [0.15, 0.2) is 0 Å². The van der Waals surface area contributed by atoms with Crippen LogP contribution in [0.2, 0.25) is 0 Å². The average molecular weight is 641 g/mol. The topological polar surface area (TPSA) is 17.8 Å². The maximum atomic E-state index is 5.43. The lowest BCUT2D eigenvalue weighted by Crippen LogP contribution is -2.09. The molecule has 0 unspecified atom stereocenters. The van der Waals surface area contributed by atoms with E-state index >= 15 is 0 Å². The molecule has 8 aromatic rings. The summed E-state index contributed by atoms with van der Waals surface area (Å²) in [5.41, 5.74) is 14.9. The van der Waals surface area contributed by atoms with Crippen molar-refractivity contribution in [3.05, 3.63) is 144 Å². The number of fused-ring (bicyclic) bond motifs is 4. The summed E-state index contributed by atoms with van der Waals surface area (Å²) in [7, 11) is 0. The zero-order chi connectivity index (χ0) is 33.1. The van der Waals surface area contributed by atoms with E-state index < -0.39 is 0 Å². The maximum absolute atomic E-state index is 5.43. The molecular weight excluding hydrogens is 601 g/mol. The third kappa shape index (κ3) is 5.05. The zero-order valence-electron chi connectivity index (χ0n) is 28.5. The summed E-state index contributed by atoms with van der Waals surface area (Å²) in [6.45, 7) is 13.7. The van der Waals surface area contributed by atoms with Crippen LogP contribution >= 0.6 is 11.3 Å². The first kappa shape index (κ1) is 30.4. The van der Waals surface area contributed by atoms with E-state index in [0.717, 1.165) is 16.9 Å². The van der Waals surface area contributed by atoms with Gasteiger partial charge < -0.3 is 0 Å². The molecule has 0 aliphatic rings. The Labute approximate surface area is 287 Å². The SMILES string of the molecule is Cc1ccc(-c2ccc3c(c2)sc2c(-c4nc5ccccc5n4-c4c(C(C)C)cc(-c5ccccc5)cc4C(C)C)ccc(C)c23)cc1. The summed E-state index contributed by atoms with van der Waals surface area (Å²) < 4.78 is 5.07. The van der Waals surface area contributed by atoms with Gasteiger partial charge in [-0.2, -0.15) is 0 Å². The molecule has 0 spiro atoms. The Morgan fingerprint density at radius 1 is 0.604 bits per heavy atom. The fraction of sp³-hybridized carbons (Fsp3) is 0.178. The molecule has 0 saturated carbocycles. The second-order valence-electron chi connectivity index (χ2n) is 13.8. The second-order valence-corrected chi connectivity index (χ2v) is 14.8. The van der Waals surface area contributed by atoms with Crippen LogP contribution in [0.3, 0.4) is 0 Å². The Morgan fingerprint density at radius 3 is 1.96 bits per heavy atom. The Hall–Kier alpha value is -4.99. The highest BCUT2D eigenvalue weighted by Crippen LogP contribution is 2.45. The fourth-order valence-corrected chi connectivity index (χ4v) is 8.52. The van der Waals surface area contributed by atoms with Gasteiger partial charge in [0, 0.05) is 25.7 Å². The van der Waals surface area contributed by atoms with Gasteiger partial charge in [0.25, 0.3) is 0 Å². The molecule has 0 N–H and O–H groups in total. The lowest BCUT2D eigenvalue weighted by atomic mass is 9.88. The quantitative estimate of drug-likeness (QED) is 0.177. The van der Waals surface area contributed by atoms with E-state index in [1.165, 1.54) is 75.9 Å². The molecule has 0 amide bonds. The molecule has 2 heterocycles. The number of para-hydroxylation sites is 2. The Morgan fingerprint density at radius 2 is 1.25 bits per heavy atom. The van der Waals surface area contributed by atoms with Gasteiger partial charge in [-0.15, -0.1) is 11.3 Å². The van der Waals surface area contributed by atoms with Crippen LogP contribution in [-0.4, -0.2) is 9.55 Å². The van der Waals surface area contributed by atoms with Crippen LogP contribution in [0.15, 0.2) is 121 Å². The lowest BCUT2D eigenvalue weighted by Gasteiger charge is -2.24. The number of nitrogens with zero attached hydrogens (tertiary/aromatic N) is 2. The summed E-state index contributed by atoms with van der Waals surface area (Å²) in [4.78, 5) is 5.43. The zero-order valence-corrected chi connectivity index (χ0v) is 29.3. The van der Waals surface area contributed by atoms with Gasteiger partial charge in [0.1, 0.15) is 5.82 Å². The lowest BCUT2D eigenvalue weighted by molar-refractivity contribution is 0.812. The number of benzene rings is 6. The van der Waals surface area contributed by atoms with Gasteiger partial charge in [-0.1, -0.05) is 118 Å². The van der Waals surface area contributed by atoms with E-state index in [0.29, 0.717) is 11.8 Å². The van der Waals surface area contributed by atoms with E-state index in [9.17, 15) is 0 Å². The van der Waals surface area contributed by atoms with Crippen molar-refractivity contribution >= 4 is 42.5 Å². The van der Waals surface area contributed by atoms with Crippen LogP contribution in [0.1, 0.15) is 61.8 Å². The summed E-state index contributed by atoms with van der Waals surface area (Å²) >= 11 is 1.89. The van der Waals surface area contributed by atoms with Gasteiger partial charge in [-0.25, -0.2) is 4.98 Å². The van der Waals surface area contributed by atoms with Gasteiger partial charge in [-0.05, 0) is 101 Å². The molecule has 6 aromatic carbocycles. The highest BCUT2D eigenvalue weighted by molar-refractivity contribution is 7.26. The van der Waals surface area contributed by atoms with Crippen molar-refractivity contribution in [1.82, 2.24) is 9.55 Å². The molecule has 236 valence electrons. The van der Waals surface area contributed by atoms with Crippen molar-refractivity contribution < 1.29 is 0 Å². The first-order valence-electron chi connectivity index (χ1n) is 17.0. The molecule has 0 aliphatic heterocycles. The van der Waals surface area contributed by atoms with E-state index in [2.05, 4.69) is 167 Å². The van der Waals surface area contributed by atoms with Crippen LogP contribution in [0.25, 0.3) is 70.5 Å². The predicted octanol–water partition coefficient (Wildman–Crippen LogP) is 13.3. The Bertz CT molecular complexity index is 2430. The second kappa shape index (κ2) is 11.9. The molecule has 2 nitrogen and oxygen atoms in total. The molecule has 0 atom stereocenters. The van der Waals surface area contributed by atoms with Crippen molar-refractivity contribution in [2.45, 2.75) is 53.4 Å². The molecule has 0 aliphatic carbocycles. The van der Waals surface area contributed by atoms with Crippen molar-refractivity contribution in [2.75, 3.05) is 0 Å². The highest BCUT2D eigenvalue weighted by Gasteiger charge is 2.25. The van der Waals surface area contributed by atoms with Crippen LogP contribution in [0.4, 0.5) is 0 Å². The van der Waals surface area contributed by atoms with Gasteiger partial charge >= 0.3 is 0 Å². The van der Waals surface area contributed by atoms with E-state index in [1.54, 1.807) is 0 Å². The monoisotopic (exact) mass is 640 g/mol. The van der Waals surface area contributed by atoms with Gasteiger partial charge in [-0.3, -0.25) is 4.57 Å². The van der Waals surface area contributed by atoms with Crippen molar-refractivity contribution in [3.8, 4) is 39.3 Å². The minimum absolute atomic E-state index is 0.317. The normalized spacial score (nSPS) is 11.9. The number of imidazole rings is 1. The maximum Gasteiger partial charge on any atom is 0.147 e. The number of hydrogen-bond acceptors (Lipinski definition) is 2. The predicted molar refractivity (Wildman–Crippen MR) is 208 cm³/mol. The minimum atomic E-state index is 0.317. The third-order valence-electron chi connectivity index (χ3n) is 9.76. The first-order valence-corrected chi connectivity index (χ1v) is 17.8. The van der Waals surface area contributed by atoms with Gasteiger partial charge in [0.2, 0.25) is 0 Å². The largest absolute Gasteiger partial charge is 0.292 e. The molecule has 0 bridgehead atoms. The van der Waals surface area contributed by atoms with Crippen LogP contribution < -0.4 is 0 Å². The number of rotatable bonds is 6. The number of aryl methyl sites for hydroxylation is 2. The Kier molecular flexibility index (Phi) is 7.53. The first-order chi connectivity index (χ1) is 23.3. The number of thiophene rings is 1. The standard InChI is InChI=1S/C45H40N2S/c1-27(2)37-24-34(31-12-8-7-9-13-31)25-38(28(3)4)43(37)47-40-15-11-10-14-39(40)46-45(47)36-22-18-30(6)42-35-23-21-33(26-41(35)48-44(36)42)32-19-16-29(5)17-20-32/h7-28H,1-6H3. The summed E-state index contributed by atoms with van der Waals surface area (Å²) in [5.74, 6) is 1.64. The van der Waals surface area contributed by atoms with Crippen molar-refractivity contribution in [1.29, 1.82) is 0 Å². The summed E-state index contributed by atoms with van der Waals surface area (Å²) in [6.07, 6.45) is 0. The van der Waals surface area contributed by atoms with Gasteiger partial charge in [0.05, 0.1) is 16.7 Å². The molecule has 0 saturated heterocycles. The molecule has 48 heavy (non-hydrogen) atoms. The molecular formula is C45H40N2S. The highest BCUT2D eigenvalue weighted by atomic mass is 32.1.